The second-order valence-corrected chi connectivity index (χ2v) is 6.40. The molecular formula is C16H25Cl3N2O2. The van der Waals surface area contributed by atoms with E-state index in [9.17, 15) is 5.11 Å². The number of ether oxygens (including phenoxy) is 1. The predicted molar refractivity (Wildman–Crippen MR) is 98.7 cm³/mol. The number of phenols is 1. The lowest BCUT2D eigenvalue weighted by molar-refractivity contribution is 0.155. The smallest absolute Gasteiger partial charge is 0.142 e. The molecule has 2 fully saturated rings. The number of piperazine rings is 1. The second kappa shape index (κ2) is 9.19. The molecule has 0 unspecified atom stereocenters. The minimum atomic E-state index is 0. The molecule has 23 heavy (non-hydrogen) atoms. The maximum Gasteiger partial charge on any atom is 0.142 e. The Hall–Kier alpha value is -0.390. The molecule has 0 bridgehead atoms. The van der Waals surface area contributed by atoms with Gasteiger partial charge in [0.25, 0.3) is 0 Å². The first kappa shape index (κ1) is 20.7. The Bertz CT molecular complexity index is 506. The maximum atomic E-state index is 10.5. The van der Waals surface area contributed by atoms with Gasteiger partial charge >= 0.3 is 0 Å². The molecule has 1 aliphatic heterocycles. The highest BCUT2D eigenvalue weighted by Crippen LogP contribution is 2.47. The van der Waals surface area contributed by atoms with Crippen molar-refractivity contribution < 1.29 is 9.84 Å². The summed E-state index contributed by atoms with van der Waals surface area (Å²) < 4.78 is 5.49. The van der Waals surface area contributed by atoms with Gasteiger partial charge in [-0.3, -0.25) is 4.90 Å². The molecule has 132 valence electrons. The highest BCUT2D eigenvalue weighted by Gasteiger charge is 2.34. The van der Waals surface area contributed by atoms with Crippen molar-refractivity contribution in [2.75, 3.05) is 33.3 Å². The summed E-state index contributed by atoms with van der Waals surface area (Å²) in [5.41, 5.74) is 0.860. The lowest BCUT2D eigenvalue weighted by atomic mass is 9.96. The summed E-state index contributed by atoms with van der Waals surface area (Å²) in [6, 6.07) is 3.75. The summed E-state index contributed by atoms with van der Waals surface area (Å²) in [6.07, 6.45) is 3.67. The van der Waals surface area contributed by atoms with Gasteiger partial charge in [0.05, 0.1) is 17.7 Å². The van der Waals surface area contributed by atoms with Crippen molar-refractivity contribution in [1.82, 2.24) is 10.2 Å². The summed E-state index contributed by atoms with van der Waals surface area (Å²) in [4.78, 5) is 2.45. The molecule has 0 aromatic heterocycles. The fraction of sp³-hybridized carbons (Fsp3) is 0.625. The molecule has 1 heterocycles. The number of hydrogen-bond donors (Lipinski definition) is 2. The summed E-state index contributed by atoms with van der Waals surface area (Å²) in [6.45, 7) is 3.97. The number of benzene rings is 1. The van der Waals surface area contributed by atoms with Crippen LogP contribution in [0.4, 0.5) is 0 Å². The van der Waals surface area contributed by atoms with E-state index >= 15 is 0 Å². The van der Waals surface area contributed by atoms with Crippen molar-refractivity contribution in [3.05, 3.63) is 22.7 Å². The van der Waals surface area contributed by atoms with E-state index in [2.05, 4.69) is 10.2 Å². The molecule has 1 atom stereocenters. The molecule has 1 saturated heterocycles. The topological polar surface area (TPSA) is 44.7 Å². The Balaban J connectivity index is 0.00000132. The van der Waals surface area contributed by atoms with E-state index in [0.717, 1.165) is 49.8 Å². The number of nitrogens with zero attached hydrogens (tertiary/aromatic N) is 1. The number of aromatic hydroxyl groups is 1. The minimum Gasteiger partial charge on any atom is -0.506 e. The monoisotopic (exact) mass is 382 g/mol. The van der Waals surface area contributed by atoms with Gasteiger partial charge in [-0.15, -0.1) is 24.8 Å². The van der Waals surface area contributed by atoms with Crippen LogP contribution < -0.4 is 10.1 Å². The minimum absolute atomic E-state index is 0. The van der Waals surface area contributed by atoms with Crippen LogP contribution in [0.5, 0.6) is 11.5 Å². The predicted octanol–water partition coefficient (Wildman–Crippen LogP) is 3.64. The summed E-state index contributed by atoms with van der Waals surface area (Å²) in [5, 5.41) is 14.3. The molecule has 2 N–H and O–H groups in total. The summed E-state index contributed by atoms with van der Waals surface area (Å²) in [7, 11) is 1.65. The fourth-order valence-corrected chi connectivity index (χ4v) is 3.34. The molecule has 1 aliphatic carbocycles. The quantitative estimate of drug-likeness (QED) is 0.815. The van der Waals surface area contributed by atoms with E-state index < -0.39 is 0 Å². The number of hydrogen-bond acceptors (Lipinski definition) is 4. The molecule has 2 aliphatic rings. The first-order valence-electron chi connectivity index (χ1n) is 7.71. The van der Waals surface area contributed by atoms with Crippen molar-refractivity contribution in [2.45, 2.75) is 25.3 Å². The molecule has 0 spiro atoms. The van der Waals surface area contributed by atoms with Gasteiger partial charge in [0.2, 0.25) is 0 Å². The van der Waals surface area contributed by atoms with E-state index in [1.165, 1.54) is 12.8 Å². The third-order valence-corrected chi connectivity index (χ3v) is 4.83. The van der Waals surface area contributed by atoms with Crippen molar-refractivity contribution >= 4 is 36.4 Å². The Morgan fingerprint density at radius 1 is 1.30 bits per heavy atom. The lowest BCUT2D eigenvalue weighted by Crippen LogP contribution is -2.45. The SMILES string of the molecule is COc1ccc(Cl)c(O)c1[C@@H](CC1CC1)N1CCNCC1.Cl.Cl. The van der Waals surface area contributed by atoms with Gasteiger partial charge in [0.1, 0.15) is 11.5 Å². The zero-order chi connectivity index (χ0) is 14.8. The first-order valence-corrected chi connectivity index (χ1v) is 8.08. The molecule has 0 amide bonds. The molecule has 4 nitrogen and oxygen atoms in total. The summed E-state index contributed by atoms with van der Waals surface area (Å²) >= 11 is 6.14. The molecule has 3 rings (SSSR count). The molecule has 1 aromatic carbocycles. The Labute approximate surface area is 155 Å². The van der Waals surface area contributed by atoms with Crippen molar-refractivity contribution in [2.24, 2.45) is 5.92 Å². The van der Waals surface area contributed by atoms with Crippen LogP contribution in [0.15, 0.2) is 12.1 Å². The zero-order valence-electron chi connectivity index (χ0n) is 13.3. The van der Waals surface area contributed by atoms with Crippen LogP contribution in [0.2, 0.25) is 5.02 Å². The maximum absolute atomic E-state index is 10.5. The Morgan fingerprint density at radius 3 is 2.52 bits per heavy atom. The molecular weight excluding hydrogens is 359 g/mol. The molecule has 0 radical (unpaired) electrons. The van der Waals surface area contributed by atoms with Gasteiger partial charge in [-0.1, -0.05) is 24.4 Å². The standard InChI is InChI=1S/C16H23ClN2O2.2ClH/c1-21-14-5-4-12(17)16(20)15(14)13(10-11-2-3-11)19-8-6-18-7-9-19;;/h4-5,11,13,18,20H,2-3,6-10H2,1H3;2*1H/t13-;;/m1../s1. The van der Waals surface area contributed by atoms with Gasteiger partial charge in [-0.25, -0.2) is 0 Å². The Kier molecular flexibility index (Phi) is 8.25. The summed E-state index contributed by atoms with van der Waals surface area (Å²) in [5.74, 6) is 1.69. The number of rotatable bonds is 5. The number of halogens is 3. The van der Waals surface area contributed by atoms with Crippen LogP contribution in [0.25, 0.3) is 0 Å². The van der Waals surface area contributed by atoms with Crippen LogP contribution >= 0.6 is 36.4 Å². The largest absolute Gasteiger partial charge is 0.506 e. The van der Waals surface area contributed by atoms with Crippen molar-refractivity contribution in [3.8, 4) is 11.5 Å². The van der Waals surface area contributed by atoms with E-state index in [4.69, 9.17) is 16.3 Å². The van der Waals surface area contributed by atoms with Gasteiger partial charge in [-0.05, 0) is 24.5 Å². The van der Waals surface area contributed by atoms with Crippen molar-refractivity contribution in [3.63, 3.8) is 0 Å². The van der Waals surface area contributed by atoms with Gasteiger partial charge < -0.3 is 15.2 Å². The van der Waals surface area contributed by atoms with Gasteiger partial charge in [0, 0.05) is 32.2 Å². The molecule has 1 saturated carbocycles. The number of methoxy groups -OCH3 is 1. The molecule has 7 heteroatoms. The van der Waals surface area contributed by atoms with Crippen molar-refractivity contribution in [1.29, 1.82) is 0 Å². The average Bonchev–Trinajstić information content (AvgIpc) is 3.33. The zero-order valence-corrected chi connectivity index (χ0v) is 15.6. The van der Waals surface area contributed by atoms with E-state index in [1.807, 2.05) is 6.07 Å². The molecule has 1 aromatic rings. The Morgan fingerprint density at radius 2 is 1.96 bits per heavy atom. The highest BCUT2D eigenvalue weighted by atomic mass is 35.5. The van der Waals surface area contributed by atoms with Crippen LogP contribution in [-0.4, -0.2) is 43.3 Å². The highest BCUT2D eigenvalue weighted by molar-refractivity contribution is 6.32. The average molecular weight is 384 g/mol. The fourth-order valence-electron chi connectivity index (χ4n) is 3.18. The van der Waals surface area contributed by atoms with E-state index in [0.29, 0.717) is 5.02 Å². The first-order chi connectivity index (χ1) is 10.2. The second-order valence-electron chi connectivity index (χ2n) is 5.99. The third-order valence-electron chi connectivity index (χ3n) is 4.53. The van der Waals surface area contributed by atoms with E-state index in [1.54, 1.807) is 13.2 Å². The number of nitrogens with one attached hydrogen (secondary N) is 1. The third kappa shape index (κ3) is 4.80. The van der Waals surface area contributed by atoms with Gasteiger partial charge in [0.15, 0.2) is 0 Å². The van der Waals surface area contributed by atoms with Crippen LogP contribution in [-0.2, 0) is 0 Å². The van der Waals surface area contributed by atoms with Crippen LogP contribution in [0.3, 0.4) is 0 Å². The van der Waals surface area contributed by atoms with E-state index in [-0.39, 0.29) is 36.6 Å². The normalized spacial score (nSPS) is 19.4. The number of phenolic OH excluding ortho intramolecular Hbond substituents is 1. The van der Waals surface area contributed by atoms with Crippen LogP contribution in [0, 0.1) is 5.92 Å². The lowest BCUT2D eigenvalue weighted by Gasteiger charge is -2.36. The van der Waals surface area contributed by atoms with Crippen LogP contribution in [0.1, 0.15) is 30.9 Å². The van der Waals surface area contributed by atoms with Gasteiger partial charge in [-0.2, -0.15) is 0 Å².